The summed E-state index contributed by atoms with van der Waals surface area (Å²) in [6.45, 7) is 0.590. The number of carbonyl (C=O) groups excluding carboxylic acids is 1. The Hall–Kier alpha value is -0.570. The first-order chi connectivity index (χ1) is 8.63. The highest BCUT2D eigenvalue weighted by Crippen LogP contribution is 2.21. The number of hydrazine groups is 1. The Morgan fingerprint density at radius 3 is 2.78 bits per heavy atom. The van der Waals surface area contributed by atoms with Crippen molar-refractivity contribution in [1.29, 1.82) is 0 Å². The lowest BCUT2D eigenvalue weighted by Gasteiger charge is -2.28. The molecule has 0 aromatic heterocycles. The third kappa shape index (κ3) is 3.98. The number of rotatable bonds is 8. The molecule has 0 aromatic carbocycles. The van der Waals surface area contributed by atoms with Gasteiger partial charge >= 0.3 is 0 Å². The van der Waals surface area contributed by atoms with E-state index in [1.165, 1.54) is 12.1 Å². The lowest BCUT2D eigenvalue weighted by Crippen LogP contribution is -2.53. The maximum Gasteiger partial charge on any atom is 0.148 e. The van der Waals surface area contributed by atoms with Crippen molar-refractivity contribution in [3.63, 3.8) is 0 Å². The zero-order valence-corrected chi connectivity index (χ0v) is 10.7. The molecule has 4 atom stereocenters. The second-order valence-electron chi connectivity index (χ2n) is 4.47. The normalized spacial score (nSPS) is 30.6. The summed E-state index contributed by atoms with van der Waals surface area (Å²) in [5, 5.41) is 20.9. The Morgan fingerprint density at radius 1 is 1.56 bits per heavy atom. The van der Waals surface area contributed by atoms with E-state index in [0.29, 0.717) is 19.4 Å². The number of hydrogen-bond acceptors (Lipinski definition) is 7. The van der Waals surface area contributed by atoms with Crippen LogP contribution < -0.4 is 11.2 Å². The molecule has 0 saturated carbocycles. The first kappa shape index (κ1) is 15.5. The molecule has 5 N–H and O–H groups in total. The van der Waals surface area contributed by atoms with Crippen molar-refractivity contribution >= 4 is 6.29 Å². The van der Waals surface area contributed by atoms with Gasteiger partial charge in [0.05, 0.1) is 6.04 Å². The quantitative estimate of drug-likeness (QED) is 0.312. The molecule has 18 heavy (non-hydrogen) atoms. The molecule has 0 aromatic rings. The van der Waals surface area contributed by atoms with Crippen LogP contribution in [0.25, 0.3) is 0 Å². The summed E-state index contributed by atoms with van der Waals surface area (Å²) in [6, 6.07) is -0.434. The van der Waals surface area contributed by atoms with E-state index in [9.17, 15) is 15.0 Å². The van der Waals surface area contributed by atoms with Gasteiger partial charge in [-0.3, -0.25) is 0 Å². The number of unbranched alkanes of at least 4 members (excludes halogenated alkanes) is 1. The molecule has 1 fully saturated rings. The topological polar surface area (TPSA) is 108 Å². The smallest absolute Gasteiger partial charge is 0.148 e. The SMILES string of the molecule is COC1C[C@H](O)N(N[C@H](C=O)CCCCN)[C@@H]1O. The monoisotopic (exact) mass is 261 g/mol. The fourth-order valence-corrected chi connectivity index (χ4v) is 2.04. The van der Waals surface area contributed by atoms with Crippen molar-refractivity contribution in [3.8, 4) is 0 Å². The highest BCUT2D eigenvalue weighted by molar-refractivity contribution is 5.57. The molecule has 0 spiro atoms. The maximum absolute atomic E-state index is 10.9. The summed E-state index contributed by atoms with van der Waals surface area (Å²) in [7, 11) is 1.47. The van der Waals surface area contributed by atoms with Crippen LogP contribution >= 0.6 is 0 Å². The second-order valence-corrected chi connectivity index (χ2v) is 4.47. The van der Waals surface area contributed by atoms with Crippen molar-refractivity contribution < 1.29 is 19.7 Å². The minimum atomic E-state index is -0.957. The Morgan fingerprint density at radius 2 is 2.28 bits per heavy atom. The van der Waals surface area contributed by atoms with E-state index < -0.39 is 24.6 Å². The molecule has 7 heteroatoms. The summed E-state index contributed by atoms with van der Waals surface area (Å²) in [5.41, 5.74) is 8.22. The van der Waals surface area contributed by atoms with Gasteiger partial charge < -0.3 is 25.5 Å². The zero-order valence-electron chi connectivity index (χ0n) is 10.7. The van der Waals surface area contributed by atoms with Gasteiger partial charge in [-0.15, -0.1) is 0 Å². The van der Waals surface area contributed by atoms with Gasteiger partial charge in [0, 0.05) is 13.5 Å². The standard InChI is InChI=1S/C11H23N3O4/c1-18-9-6-10(16)14(11(9)17)13-8(7-15)4-2-3-5-12/h7-11,13,16-17H,2-6,12H2,1H3/t8-,9?,10-,11+/m0/s1. The van der Waals surface area contributed by atoms with E-state index in [4.69, 9.17) is 10.5 Å². The number of nitrogens with one attached hydrogen (secondary N) is 1. The fraction of sp³-hybridized carbons (Fsp3) is 0.909. The molecule has 0 aliphatic carbocycles. The molecular formula is C11H23N3O4. The molecule has 7 nitrogen and oxygen atoms in total. The molecule has 1 unspecified atom stereocenters. The molecule has 106 valence electrons. The molecule has 1 aliphatic rings. The highest BCUT2D eigenvalue weighted by atomic mass is 16.5. The summed E-state index contributed by atoms with van der Waals surface area (Å²) in [5.74, 6) is 0. The average Bonchev–Trinajstić information content (AvgIpc) is 2.64. The van der Waals surface area contributed by atoms with Crippen LogP contribution in [-0.2, 0) is 9.53 Å². The number of hydrogen-bond donors (Lipinski definition) is 4. The minimum Gasteiger partial charge on any atom is -0.377 e. The molecule has 1 rings (SSSR count). The molecule has 0 radical (unpaired) electrons. The summed E-state index contributed by atoms with van der Waals surface area (Å²) >= 11 is 0. The maximum atomic E-state index is 10.9. The molecule has 1 aliphatic heterocycles. The van der Waals surface area contributed by atoms with E-state index in [1.807, 2.05) is 0 Å². The van der Waals surface area contributed by atoms with Gasteiger partial charge in [-0.1, -0.05) is 6.42 Å². The Bertz CT molecular complexity index is 254. The predicted molar refractivity (Wildman–Crippen MR) is 65.2 cm³/mol. The van der Waals surface area contributed by atoms with Crippen LogP contribution in [0.3, 0.4) is 0 Å². The van der Waals surface area contributed by atoms with Crippen molar-refractivity contribution in [3.05, 3.63) is 0 Å². The van der Waals surface area contributed by atoms with Crippen LogP contribution in [-0.4, -0.2) is 59.8 Å². The molecular weight excluding hydrogens is 238 g/mol. The minimum absolute atomic E-state index is 0.305. The van der Waals surface area contributed by atoms with Gasteiger partial charge in [-0.25, -0.2) is 5.43 Å². The van der Waals surface area contributed by atoms with Crippen molar-refractivity contribution in [2.75, 3.05) is 13.7 Å². The van der Waals surface area contributed by atoms with Crippen molar-refractivity contribution in [1.82, 2.24) is 10.4 Å². The number of nitrogens with two attached hydrogens (primary N) is 1. The summed E-state index contributed by atoms with van der Waals surface area (Å²) in [6.07, 6.45) is 1.09. The number of aliphatic hydroxyl groups is 2. The van der Waals surface area contributed by atoms with Gasteiger partial charge in [-0.05, 0) is 19.4 Å². The van der Waals surface area contributed by atoms with E-state index in [1.54, 1.807) is 0 Å². The predicted octanol–water partition coefficient (Wildman–Crippen LogP) is -1.45. The van der Waals surface area contributed by atoms with Gasteiger partial charge in [0.2, 0.25) is 0 Å². The number of carbonyl (C=O) groups is 1. The van der Waals surface area contributed by atoms with Gasteiger partial charge in [0.15, 0.2) is 0 Å². The molecule has 0 amide bonds. The van der Waals surface area contributed by atoms with Crippen LogP contribution in [0.15, 0.2) is 0 Å². The number of nitrogens with zero attached hydrogens (tertiary/aromatic N) is 1. The third-order valence-corrected chi connectivity index (χ3v) is 3.13. The molecule has 0 bridgehead atoms. The summed E-state index contributed by atoms with van der Waals surface area (Å²) in [4.78, 5) is 10.9. The number of ether oxygens (including phenoxy) is 1. The van der Waals surface area contributed by atoms with Crippen LogP contribution in [0.4, 0.5) is 0 Å². The first-order valence-electron chi connectivity index (χ1n) is 6.22. The lowest BCUT2D eigenvalue weighted by molar-refractivity contribution is -0.128. The fourth-order valence-electron chi connectivity index (χ4n) is 2.04. The van der Waals surface area contributed by atoms with Crippen LogP contribution in [0.5, 0.6) is 0 Å². The highest BCUT2D eigenvalue weighted by Gasteiger charge is 2.40. The largest absolute Gasteiger partial charge is 0.377 e. The Kier molecular flexibility index (Phi) is 6.69. The van der Waals surface area contributed by atoms with E-state index in [2.05, 4.69) is 5.43 Å². The lowest BCUT2D eigenvalue weighted by atomic mass is 10.1. The van der Waals surface area contributed by atoms with Crippen LogP contribution in [0.2, 0.25) is 0 Å². The van der Waals surface area contributed by atoms with Crippen molar-refractivity contribution in [2.45, 2.75) is 50.3 Å². The second kappa shape index (κ2) is 7.78. The van der Waals surface area contributed by atoms with Crippen LogP contribution in [0.1, 0.15) is 25.7 Å². The summed E-state index contributed by atoms with van der Waals surface area (Å²) < 4.78 is 5.04. The van der Waals surface area contributed by atoms with E-state index in [-0.39, 0.29) is 0 Å². The first-order valence-corrected chi connectivity index (χ1v) is 6.22. The number of methoxy groups -OCH3 is 1. The Labute approximate surface area is 107 Å². The number of aldehydes is 1. The van der Waals surface area contributed by atoms with Crippen LogP contribution in [0, 0.1) is 0 Å². The average molecular weight is 261 g/mol. The van der Waals surface area contributed by atoms with Gasteiger partial charge in [-0.2, -0.15) is 5.01 Å². The van der Waals surface area contributed by atoms with E-state index in [0.717, 1.165) is 19.1 Å². The Balaban J connectivity index is 2.45. The molecule has 1 saturated heterocycles. The van der Waals surface area contributed by atoms with Gasteiger partial charge in [0.25, 0.3) is 0 Å². The van der Waals surface area contributed by atoms with Gasteiger partial charge in [0.1, 0.15) is 24.8 Å². The third-order valence-electron chi connectivity index (χ3n) is 3.13. The van der Waals surface area contributed by atoms with Crippen molar-refractivity contribution in [2.24, 2.45) is 5.73 Å². The zero-order chi connectivity index (χ0) is 13.5. The number of aliphatic hydroxyl groups excluding tert-OH is 2. The van der Waals surface area contributed by atoms with E-state index >= 15 is 0 Å². The molecule has 1 heterocycles.